The van der Waals surface area contributed by atoms with Crippen molar-refractivity contribution in [3.8, 4) is 0 Å². The van der Waals surface area contributed by atoms with Crippen LogP contribution in [0.5, 0.6) is 0 Å². The van der Waals surface area contributed by atoms with Gasteiger partial charge in [0.15, 0.2) is 0 Å². The second kappa shape index (κ2) is 9.30. The van der Waals surface area contributed by atoms with Gasteiger partial charge in [-0.25, -0.2) is 0 Å². The van der Waals surface area contributed by atoms with Gasteiger partial charge in [0.2, 0.25) is 17.8 Å². The van der Waals surface area contributed by atoms with Crippen molar-refractivity contribution in [2.45, 2.75) is 13.8 Å². The summed E-state index contributed by atoms with van der Waals surface area (Å²) in [7, 11) is 3.42. The summed E-state index contributed by atoms with van der Waals surface area (Å²) in [5.74, 6) is 1.69. The molecule has 0 saturated carbocycles. The van der Waals surface area contributed by atoms with Crippen LogP contribution in [0.2, 0.25) is 0 Å². The Balaban J connectivity index is 3.09. The molecule has 1 aromatic heterocycles. The number of nitrogens with zero attached hydrogens (tertiary/aromatic N) is 5. The van der Waals surface area contributed by atoms with Gasteiger partial charge in [0, 0.05) is 40.3 Å². The van der Waals surface area contributed by atoms with Crippen molar-refractivity contribution in [3.63, 3.8) is 0 Å². The van der Waals surface area contributed by atoms with Crippen LogP contribution in [0, 0.1) is 0 Å². The van der Waals surface area contributed by atoms with Crippen molar-refractivity contribution in [1.29, 1.82) is 0 Å². The fourth-order valence-corrected chi connectivity index (χ4v) is 1.89. The topological polar surface area (TPSA) is 86.6 Å². The first kappa shape index (κ1) is 17.4. The Morgan fingerprint density at radius 1 is 1.05 bits per heavy atom. The highest BCUT2D eigenvalue weighted by atomic mass is 16.5. The smallest absolute Gasteiger partial charge is 0.232 e. The van der Waals surface area contributed by atoms with E-state index < -0.39 is 0 Å². The fraction of sp³-hybridized carbons (Fsp3) is 0.769. The highest BCUT2D eigenvalue weighted by Gasteiger charge is 2.15. The van der Waals surface area contributed by atoms with Gasteiger partial charge >= 0.3 is 0 Å². The van der Waals surface area contributed by atoms with Crippen molar-refractivity contribution in [1.82, 2.24) is 15.0 Å². The first-order valence-electron chi connectivity index (χ1n) is 7.23. The number of aliphatic hydroxyl groups is 1. The van der Waals surface area contributed by atoms with E-state index in [-0.39, 0.29) is 6.61 Å². The Kier molecular flexibility index (Phi) is 7.70. The largest absolute Gasteiger partial charge is 0.395 e. The molecule has 8 heteroatoms. The molecule has 0 amide bonds. The van der Waals surface area contributed by atoms with Gasteiger partial charge in [-0.05, 0) is 13.8 Å². The number of aliphatic hydroxyl groups excluding tert-OH is 1. The number of ether oxygens (including phenoxy) is 1. The maximum atomic E-state index is 9.21. The molecule has 0 unspecified atom stereocenters. The Morgan fingerprint density at radius 3 is 2.14 bits per heavy atom. The third-order valence-corrected chi connectivity index (χ3v) is 3.10. The van der Waals surface area contributed by atoms with Crippen molar-refractivity contribution in [2.75, 3.05) is 68.7 Å². The molecule has 0 spiro atoms. The SMILES string of the molecule is CCN(CC)c1nc(NC)nc(N(CCO)CCOC)n1. The summed E-state index contributed by atoms with van der Waals surface area (Å²) in [5.41, 5.74) is 0. The van der Waals surface area contributed by atoms with E-state index in [1.807, 2.05) is 4.90 Å². The van der Waals surface area contributed by atoms with Crippen LogP contribution in [-0.4, -0.2) is 73.6 Å². The minimum Gasteiger partial charge on any atom is -0.395 e. The lowest BCUT2D eigenvalue weighted by molar-refractivity contribution is 0.202. The molecule has 21 heavy (non-hydrogen) atoms. The van der Waals surface area contributed by atoms with Gasteiger partial charge in [-0.1, -0.05) is 0 Å². The predicted octanol–water partition coefficient (Wildman–Crippen LogP) is 0.205. The standard InChI is InChI=1S/C13H26N6O2/c1-5-18(6-2)12-15-11(14-3)16-13(17-12)19(7-9-20)8-10-21-4/h20H,5-10H2,1-4H3,(H,14,15,16,17). The van der Waals surface area contributed by atoms with Crippen LogP contribution in [-0.2, 0) is 4.74 Å². The van der Waals surface area contributed by atoms with E-state index in [9.17, 15) is 5.11 Å². The normalized spacial score (nSPS) is 10.5. The van der Waals surface area contributed by atoms with Crippen molar-refractivity contribution >= 4 is 17.8 Å². The lowest BCUT2D eigenvalue weighted by atomic mass is 10.5. The van der Waals surface area contributed by atoms with Crippen LogP contribution in [0.25, 0.3) is 0 Å². The van der Waals surface area contributed by atoms with Crippen LogP contribution < -0.4 is 15.1 Å². The van der Waals surface area contributed by atoms with E-state index in [1.54, 1.807) is 14.2 Å². The summed E-state index contributed by atoms with van der Waals surface area (Å²) in [5, 5.41) is 12.2. The van der Waals surface area contributed by atoms with Gasteiger partial charge in [0.25, 0.3) is 0 Å². The van der Waals surface area contributed by atoms with Gasteiger partial charge in [-0.15, -0.1) is 0 Å². The maximum absolute atomic E-state index is 9.21. The van der Waals surface area contributed by atoms with E-state index in [2.05, 4.69) is 39.0 Å². The molecule has 0 aliphatic carbocycles. The quantitative estimate of drug-likeness (QED) is 0.634. The van der Waals surface area contributed by atoms with Gasteiger partial charge in [-0.3, -0.25) is 0 Å². The van der Waals surface area contributed by atoms with Gasteiger partial charge in [-0.2, -0.15) is 15.0 Å². The molecule has 0 aliphatic rings. The lowest BCUT2D eigenvalue weighted by Gasteiger charge is -2.24. The third kappa shape index (κ3) is 4.98. The van der Waals surface area contributed by atoms with Crippen molar-refractivity contribution in [3.05, 3.63) is 0 Å². The van der Waals surface area contributed by atoms with Crippen molar-refractivity contribution < 1.29 is 9.84 Å². The zero-order chi connectivity index (χ0) is 15.7. The number of methoxy groups -OCH3 is 1. The highest BCUT2D eigenvalue weighted by molar-refractivity contribution is 5.45. The van der Waals surface area contributed by atoms with Crippen LogP contribution in [0.3, 0.4) is 0 Å². The molecule has 120 valence electrons. The Bertz CT molecular complexity index is 414. The van der Waals surface area contributed by atoms with Crippen LogP contribution >= 0.6 is 0 Å². The Hall–Kier alpha value is -1.67. The maximum Gasteiger partial charge on any atom is 0.232 e. The Morgan fingerprint density at radius 2 is 1.67 bits per heavy atom. The molecule has 0 fully saturated rings. The van der Waals surface area contributed by atoms with E-state index in [0.29, 0.717) is 37.5 Å². The lowest BCUT2D eigenvalue weighted by Crippen LogP contribution is -2.33. The van der Waals surface area contributed by atoms with E-state index in [4.69, 9.17) is 4.74 Å². The molecule has 0 aliphatic heterocycles. The van der Waals surface area contributed by atoms with Crippen LogP contribution in [0.15, 0.2) is 0 Å². The monoisotopic (exact) mass is 298 g/mol. The minimum absolute atomic E-state index is 0.0326. The predicted molar refractivity (Wildman–Crippen MR) is 84.1 cm³/mol. The molecular formula is C13H26N6O2. The van der Waals surface area contributed by atoms with Gasteiger partial charge < -0.3 is 25.0 Å². The molecule has 2 N–H and O–H groups in total. The van der Waals surface area contributed by atoms with Gasteiger partial charge in [0.1, 0.15) is 0 Å². The average molecular weight is 298 g/mol. The number of aromatic nitrogens is 3. The number of rotatable bonds is 10. The molecule has 1 heterocycles. The second-order valence-electron chi connectivity index (χ2n) is 4.38. The van der Waals surface area contributed by atoms with E-state index in [1.165, 1.54) is 0 Å². The molecule has 0 radical (unpaired) electrons. The van der Waals surface area contributed by atoms with Crippen LogP contribution in [0.4, 0.5) is 17.8 Å². The summed E-state index contributed by atoms with van der Waals surface area (Å²) >= 11 is 0. The molecule has 0 aromatic carbocycles. The minimum atomic E-state index is 0.0326. The first-order chi connectivity index (χ1) is 10.2. The summed E-state index contributed by atoms with van der Waals surface area (Å²) in [6, 6.07) is 0. The Labute approximate surface area is 126 Å². The molecule has 8 nitrogen and oxygen atoms in total. The molecule has 1 rings (SSSR count). The number of nitrogens with one attached hydrogen (secondary N) is 1. The fourth-order valence-electron chi connectivity index (χ4n) is 1.89. The number of anilines is 3. The highest BCUT2D eigenvalue weighted by Crippen LogP contribution is 2.16. The summed E-state index contributed by atoms with van der Waals surface area (Å²) < 4.78 is 5.10. The van der Waals surface area contributed by atoms with Crippen molar-refractivity contribution in [2.24, 2.45) is 0 Å². The summed E-state index contributed by atoms with van der Waals surface area (Å²) in [4.78, 5) is 17.2. The summed E-state index contributed by atoms with van der Waals surface area (Å²) in [6.07, 6.45) is 0. The molecule has 0 atom stereocenters. The third-order valence-electron chi connectivity index (χ3n) is 3.10. The number of hydrogen-bond donors (Lipinski definition) is 2. The second-order valence-corrected chi connectivity index (χ2v) is 4.38. The average Bonchev–Trinajstić information content (AvgIpc) is 2.52. The number of hydrogen-bond acceptors (Lipinski definition) is 8. The molecule has 0 saturated heterocycles. The molecule has 0 bridgehead atoms. The van der Waals surface area contributed by atoms with E-state index >= 15 is 0 Å². The van der Waals surface area contributed by atoms with Crippen LogP contribution in [0.1, 0.15) is 13.8 Å². The summed E-state index contributed by atoms with van der Waals surface area (Å²) in [6.45, 7) is 7.40. The van der Waals surface area contributed by atoms with Gasteiger partial charge in [0.05, 0.1) is 13.2 Å². The molecule has 1 aromatic rings. The zero-order valence-electron chi connectivity index (χ0n) is 13.3. The first-order valence-corrected chi connectivity index (χ1v) is 7.23. The van der Waals surface area contributed by atoms with E-state index in [0.717, 1.165) is 13.1 Å². The zero-order valence-corrected chi connectivity index (χ0v) is 13.3. The molecular weight excluding hydrogens is 272 g/mol.